The molecule has 2 N–H and O–H groups in total. The molecule has 42 heavy (non-hydrogen) atoms. The molecule has 3 aromatic rings. The number of hydrogen-bond acceptors (Lipinski definition) is 11. The van der Waals surface area contributed by atoms with E-state index in [1.54, 1.807) is 32.9 Å². The van der Waals surface area contributed by atoms with Gasteiger partial charge in [0.25, 0.3) is 5.91 Å². The zero-order valence-corrected chi connectivity index (χ0v) is 23.4. The van der Waals surface area contributed by atoms with Crippen molar-refractivity contribution in [1.82, 2.24) is 24.6 Å². The van der Waals surface area contributed by atoms with Gasteiger partial charge in [-0.15, -0.1) is 0 Å². The molecule has 0 unspecified atom stereocenters. The van der Waals surface area contributed by atoms with Crippen molar-refractivity contribution in [3.05, 3.63) is 59.0 Å². The minimum Gasteiger partial charge on any atom is -0.487 e. The lowest BCUT2D eigenvalue weighted by Gasteiger charge is -2.31. The number of benzene rings is 1. The maximum Gasteiger partial charge on any atom is 0.332 e. The molecular formula is C28H36N6O8. The van der Waals surface area contributed by atoms with E-state index < -0.39 is 5.91 Å². The molecule has 1 saturated heterocycles. The lowest BCUT2D eigenvalue weighted by molar-refractivity contribution is 0.00708. The first-order chi connectivity index (χ1) is 20.6. The van der Waals surface area contributed by atoms with E-state index in [0.29, 0.717) is 88.5 Å². The zero-order valence-electron chi connectivity index (χ0n) is 23.4. The first kappa shape index (κ1) is 29.5. The van der Waals surface area contributed by atoms with Crippen molar-refractivity contribution in [3.63, 3.8) is 0 Å². The second kappa shape index (κ2) is 14.8. The molecule has 0 atom stereocenters. The van der Waals surface area contributed by atoms with Crippen molar-refractivity contribution in [2.75, 3.05) is 70.8 Å². The molecule has 14 heteroatoms. The van der Waals surface area contributed by atoms with E-state index in [9.17, 15) is 9.59 Å². The van der Waals surface area contributed by atoms with Crippen LogP contribution < -0.4 is 25.5 Å². The van der Waals surface area contributed by atoms with Crippen LogP contribution in [0.5, 0.6) is 11.5 Å². The summed E-state index contributed by atoms with van der Waals surface area (Å²) < 4.78 is 31.7. The van der Waals surface area contributed by atoms with Crippen LogP contribution in [-0.4, -0.2) is 96.2 Å². The molecular weight excluding hydrogens is 548 g/mol. The molecule has 2 aliphatic heterocycles. The van der Waals surface area contributed by atoms with E-state index in [4.69, 9.17) is 28.9 Å². The number of anilines is 1. The Morgan fingerprint density at radius 3 is 2.14 bits per heavy atom. The average molecular weight is 585 g/mol. The Bertz CT molecular complexity index is 1350. The number of piperidine rings is 1. The largest absolute Gasteiger partial charge is 0.487 e. The van der Waals surface area contributed by atoms with Crippen molar-refractivity contribution in [3.8, 4) is 17.2 Å². The number of aromatic nitrogens is 4. The number of nitrogens with one attached hydrogen (secondary N) is 1. The molecule has 14 nitrogen and oxygen atoms in total. The Balaban J connectivity index is 1.20. The van der Waals surface area contributed by atoms with E-state index in [2.05, 4.69) is 14.9 Å². The number of carbonyl (C=O) groups is 1. The molecule has 4 heterocycles. The van der Waals surface area contributed by atoms with E-state index in [0.717, 1.165) is 25.9 Å². The second-order valence-corrected chi connectivity index (χ2v) is 9.91. The number of amides is 1. The highest BCUT2D eigenvalue weighted by molar-refractivity contribution is 5.92. The van der Waals surface area contributed by atoms with Gasteiger partial charge in [-0.1, -0.05) is 0 Å². The smallest absolute Gasteiger partial charge is 0.332 e. The van der Waals surface area contributed by atoms with Crippen LogP contribution in [-0.2, 0) is 20.8 Å². The fourth-order valence-corrected chi connectivity index (χ4v) is 4.85. The Morgan fingerprint density at radius 1 is 0.881 bits per heavy atom. The molecule has 2 aromatic heterocycles. The number of rotatable bonds is 5. The molecule has 2 aliphatic rings. The van der Waals surface area contributed by atoms with Crippen LogP contribution in [0.2, 0.25) is 0 Å². The van der Waals surface area contributed by atoms with Gasteiger partial charge in [0.15, 0.2) is 11.5 Å². The fourth-order valence-electron chi connectivity index (χ4n) is 4.85. The van der Waals surface area contributed by atoms with Crippen LogP contribution in [0.25, 0.3) is 5.69 Å². The SMILES string of the molecule is O=C(NO)c1cnc(N2CCC(Cn3ccn(-c4ccc5c(c4)OCCOCCOCCOCCO5)c3=O)CC2)nc1. The van der Waals surface area contributed by atoms with Gasteiger partial charge in [-0.3, -0.25) is 19.1 Å². The molecule has 0 spiro atoms. The predicted octanol–water partition coefficient (Wildman–Crippen LogP) is 1.29. The fraction of sp³-hybridized carbons (Fsp3) is 0.500. The van der Waals surface area contributed by atoms with Gasteiger partial charge in [0, 0.05) is 50.5 Å². The molecule has 0 saturated carbocycles. The Morgan fingerprint density at radius 2 is 1.50 bits per heavy atom. The van der Waals surface area contributed by atoms with Gasteiger partial charge in [-0.2, -0.15) is 0 Å². The number of fused-ring (bicyclic) bond motifs is 1. The summed E-state index contributed by atoms with van der Waals surface area (Å²) in [5, 5.41) is 8.75. The predicted molar refractivity (Wildman–Crippen MR) is 150 cm³/mol. The highest BCUT2D eigenvalue weighted by Gasteiger charge is 2.23. The lowest BCUT2D eigenvalue weighted by Crippen LogP contribution is -2.37. The molecule has 1 aromatic carbocycles. The molecule has 1 fully saturated rings. The highest BCUT2D eigenvalue weighted by Crippen LogP contribution is 2.30. The van der Waals surface area contributed by atoms with Gasteiger partial charge < -0.3 is 28.6 Å². The van der Waals surface area contributed by atoms with Crippen molar-refractivity contribution >= 4 is 11.9 Å². The van der Waals surface area contributed by atoms with Gasteiger partial charge in [-0.25, -0.2) is 20.2 Å². The third-order valence-corrected chi connectivity index (χ3v) is 7.12. The first-order valence-corrected chi connectivity index (χ1v) is 14.0. The normalized spacial score (nSPS) is 17.7. The molecule has 0 bridgehead atoms. The van der Waals surface area contributed by atoms with Crippen LogP contribution in [0.3, 0.4) is 0 Å². The van der Waals surface area contributed by atoms with E-state index in [1.165, 1.54) is 12.4 Å². The molecule has 0 radical (unpaired) electrons. The van der Waals surface area contributed by atoms with Gasteiger partial charge in [0.2, 0.25) is 5.95 Å². The Hall–Kier alpha value is -3.98. The number of nitrogens with zero attached hydrogens (tertiary/aromatic N) is 5. The van der Waals surface area contributed by atoms with Crippen LogP contribution in [0.1, 0.15) is 23.2 Å². The maximum atomic E-state index is 13.3. The summed E-state index contributed by atoms with van der Waals surface area (Å²) in [7, 11) is 0. The van der Waals surface area contributed by atoms with Crippen LogP contribution in [0.4, 0.5) is 5.95 Å². The van der Waals surface area contributed by atoms with Gasteiger partial charge in [0.1, 0.15) is 13.2 Å². The summed E-state index contributed by atoms with van der Waals surface area (Å²) in [6.07, 6.45) is 8.07. The summed E-state index contributed by atoms with van der Waals surface area (Å²) in [4.78, 5) is 35.4. The summed E-state index contributed by atoms with van der Waals surface area (Å²) >= 11 is 0. The zero-order chi connectivity index (χ0) is 29.1. The highest BCUT2D eigenvalue weighted by atomic mass is 16.6. The minimum atomic E-state index is -0.654. The number of imidazole rings is 1. The first-order valence-electron chi connectivity index (χ1n) is 14.0. The number of hydroxylamine groups is 1. The maximum absolute atomic E-state index is 13.3. The van der Waals surface area contributed by atoms with E-state index >= 15 is 0 Å². The standard InChI is InChI=1S/C28H36N6O8/c35-26(31-37)22-18-29-27(30-19-22)32-5-3-21(4-6-32)20-33-7-8-34(28(33)36)23-1-2-24-25(17-23)42-16-14-40-12-10-38-9-11-39-13-15-41-24/h1-2,7-8,17-19,21,37H,3-6,9-16,20H2,(H,31,35). The Labute approximate surface area is 242 Å². The van der Waals surface area contributed by atoms with E-state index in [1.807, 2.05) is 12.3 Å². The third-order valence-electron chi connectivity index (χ3n) is 7.12. The average Bonchev–Trinajstić information content (AvgIpc) is 3.38. The monoisotopic (exact) mass is 584 g/mol. The van der Waals surface area contributed by atoms with Crippen molar-refractivity contribution in [2.24, 2.45) is 5.92 Å². The summed E-state index contributed by atoms with van der Waals surface area (Å²) in [5.41, 5.74) is 2.30. The molecule has 226 valence electrons. The lowest BCUT2D eigenvalue weighted by atomic mass is 9.97. The summed E-state index contributed by atoms with van der Waals surface area (Å²) in [5.74, 6) is 1.29. The number of hydrogen-bond donors (Lipinski definition) is 2. The molecule has 1 amide bonds. The van der Waals surface area contributed by atoms with Crippen LogP contribution >= 0.6 is 0 Å². The van der Waals surface area contributed by atoms with Crippen LogP contribution in [0, 0.1) is 5.92 Å². The van der Waals surface area contributed by atoms with Crippen molar-refractivity contribution in [2.45, 2.75) is 19.4 Å². The molecule has 0 aliphatic carbocycles. The van der Waals surface area contributed by atoms with Crippen LogP contribution in [0.15, 0.2) is 47.8 Å². The summed E-state index contributed by atoms with van der Waals surface area (Å²) in [6.45, 7) is 5.54. The topological polar surface area (TPSA) is 151 Å². The van der Waals surface area contributed by atoms with E-state index in [-0.39, 0.29) is 11.3 Å². The van der Waals surface area contributed by atoms with Crippen molar-refractivity contribution in [1.29, 1.82) is 0 Å². The molecule has 5 rings (SSSR count). The third kappa shape index (κ3) is 7.64. The Kier molecular flexibility index (Phi) is 10.4. The summed E-state index contributed by atoms with van der Waals surface area (Å²) in [6, 6.07) is 5.44. The quantitative estimate of drug-likeness (QED) is 0.330. The second-order valence-electron chi connectivity index (χ2n) is 9.91. The number of ether oxygens (including phenoxy) is 5. The minimum absolute atomic E-state index is 0.131. The van der Waals surface area contributed by atoms with Gasteiger partial charge in [0.05, 0.1) is 50.9 Å². The number of carbonyl (C=O) groups excluding carboxylic acids is 1. The van der Waals surface area contributed by atoms with Gasteiger partial charge in [-0.05, 0) is 30.9 Å². The van der Waals surface area contributed by atoms with Gasteiger partial charge >= 0.3 is 5.69 Å². The van der Waals surface area contributed by atoms with Crippen molar-refractivity contribution < 1.29 is 33.7 Å².